The molecule has 24 heavy (non-hydrogen) atoms. The number of rotatable bonds is 8. The van der Waals surface area contributed by atoms with Crippen LogP contribution in [0.1, 0.15) is 27.2 Å². The molecule has 0 saturated carbocycles. The van der Waals surface area contributed by atoms with Crippen molar-refractivity contribution in [2.45, 2.75) is 39.8 Å². The van der Waals surface area contributed by atoms with Crippen molar-refractivity contribution in [3.63, 3.8) is 0 Å². The van der Waals surface area contributed by atoms with Crippen LogP contribution in [0.2, 0.25) is 0 Å². The lowest BCUT2D eigenvalue weighted by Gasteiger charge is -2.14. The largest absolute Gasteiger partial charge is 0.464 e. The fraction of sp³-hybridized carbons (Fsp3) is 0.474. The van der Waals surface area contributed by atoms with Gasteiger partial charge < -0.3 is 24.4 Å². The highest BCUT2D eigenvalue weighted by atomic mass is 16.7. The minimum absolute atomic E-state index is 0.0370. The molecular formula is C19H28O5. The average Bonchev–Trinajstić information content (AvgIpc) is 2.56. The maximum absolute atomic E-state index is 9.48. The van der Waals surface area contributed by atoms with Gasteiger partial charge in [0, 0.05) is 31.6 Å². The summed E-state index contributed by atoms with van der Waals surface area (Å²) in [4.78, 5) is 0. The van der Waals surface area contributed by atoms with Crippen molar-refractivity contribution in [1.29, 1.82) is 0 Å². The highest BCUT2D eigenvalue weighted by molar-refractivity contribution is 5.88. The lowest BCUT2D eigenvalue weighted by atomic mass is 10.1. The van der Waals surface area contributed by atoms with Crippen LogP contribution in [0, 0.1) is 0 Å². The smallest absolute Gasteiger partial charge is 0.199 e. The minimum Gasteiger partial charge on any atom is -0.464 e. The number of fused-ring (bicyclic) bond motifs is 1. The molecule has 1 unspecified atom stereocenters. The minimum atomic E-state index is -0.962. The van der Waals surface area contributed by atoms with Crippen molar-refractivity contribution in [2.24, 2.45) is 0 Å². The SMILES string of the molecule is CCOC(C)OCC.OCCC(O)Oc1cccc2ccccc12. The molecule has 0 bridgehead atoms. The van der Waals surface area contributed by atoms with Crippen molar-refractivity contribution in [3.05, 3.63) is 42.5 Å². The van der Waals surface area contributed by atoms with Crippen molar-refractivity contribution in [3.8, 4) is 5.75 Å². The summed E-state index contributed by atoms with van der Waals surface area (Å²) in [5.74, 6) is 0.638. The van der Waals surface area contributed by atoms with Crippen molar-refractivity contribution < 1.29 is 24.4 Å². The molecule has 2 aromatic carbocycles. The first-order valence-corrected chi connectivity index (χ1v) is 8.28. The monoisotopic (exact) mass is 336 g/mol. The molecule has 134 valence electrons. The van der Waals surface area contributed by atoms with E-state index in [0.717, 1.165) is 24.0 Å². The summed E-state index contributed by atoms with van der Waals surface area (Å²) < 4.78 is 15.5. The first-order chi connectivity index (χ1) is 11.6. The van der Waals surface area contributed by atoms with E-state index in [1.807, 2.05) is 63.2 Å². The summed E-state index contributed by atoms with van der Waals surface area (Å²) in [5.41, 5.74) is 0. The third-order valence-corrected chi connectivity index (χ3v) is 3.19. The van der Waals surface area contributed by atoms with E-state index < -0.39 is 6.29 Å². The summed E-state index contributed by atoms with van der Waals surface area (Å²) in [7, 11) is 0. The van der Waals surface area contributed by atoms with Crippen molar-refractivity contribution >= 4 is 10.8 Å². The van der Waals surface area contributed by atoms with Gasteiger partial charge >= 0.3 is 0 Å². The maximum atomic E-state index is 9.48. The molecule has 5 nitrogen and oxygen atoms in total. The molecule has 2 rings (SSSR count). The van der Waals surface area contributed by atoms with Gasteiger partial charge in [-0.3, -0.25) is 0 Å². The number of aliphatic hydroxyl groups excluding tert-OH is 2. The molecule has 0 aromatic heterocycles. The Bertz CT molecular complexity index is 561. The zero-order chi connectivity index (χ0) is 17.8. The summed E-state index contributed by atoms with van der Waals surface area (Å²) in [6.45, 7) is 7.16. The van der Waals surface area contributed by atoms with Crippen LogP contribution >= 0.6 is 0 Å². The number of benzene rings is 2. The summed E-state index contributed by atoms with van der Waals surface area (Å²) in [6, 6.07) is 13.5. The van der Waals surface area contributed by atoms with Crippen LogP contribution in [0.3, 0.4) is 0 Å². The fourth-order valence-corrected chi connectivity index (χ4v) is 2.13. The molecule has 0 spiro atoms. The van der Waals surface area contributed by atoms with E-state index in [9.17, 15) is 5.11 Å². The van der Waals surface area contributed by atoms with Crippen molar-refractivity contribution in [1.82, 2.24) is 0 Å². The first-order valence-electron chi connectivity index (χ1n) is 8.28. The lowest BCUT2D eigenvalue weighted by molar-refractivity contribution is -0.123. The second-order valence-electron chi connectivity index (χ2n) is 5.04. The Balaban J connectivity index is 0.000000307. The predicted octanol–water partition coefficient (Wildman–Crippen LogP) is 3.32. The number of hydrogen-bond donors (Lipinski definition) is 2. The molecule has 0 aliphatic rings. The lowest BCUT2D eigenvalue weighted by Crippen LogP contribution is -2.16. The van der Waals surface area contributed by atoms with Gasteiger partial charge in [0.25, 0.3) is 0 Å². The van der Waals surface area contributed by atoms with Gasteiger partial charge in [0.1, 0.15) is 5.75 Å². The molecule has 0 heterocycles. The number of aliphatic hydroxyl groups is 2. The van der Waals surface area contributed by atoms with Crippen molar-refractivity contribution in [2.75, 3.05) is 19.8 Å². The van der Waals surface area contributed by atoms with Gasteiger partial charge in [-0.25, -0.2) is 0 Å². The Morgan fingerprint density at radius 3 is 2.21 bits per heavy atom. The Hall–Kier alpha value is -1.66. The summed E-state index contributed by atoms with van der Waals surface area (Å²) in [5, 5.41) is 20.2. The Morgan fingerprint density at radius 1 is 0.958 bits per heavy atom. The van der Waals surface area contributed by atoms with Gasteiger partial charge in [-0.1, -0.05) is 36.4 Å². The third kappa shape index (κ3) is 7.27. The van der Waals surface area contributed by atoms with Gasteiger partial charge in [-0.05, 0) is 32.2 Å². The van der Waals surface area contributed by atoms with Crippen LogP contribution in [-0.4, -0.2) is 42.6 Å². The van der Waals surface area contributed by atoms with E-state index in [4.69, 9.17) is 19.3 Å². The van der Waals surface area contributed by atoms with E-state index in [1.54, 1.807) is 0 Å². The molecule has 0 fully saturated rings. The van der Waals surface area contributed by atoms with E-state index in [1.165, 1.54) is 0 Å². The molecule has 0 aliphatic heterocycles. The van der Waals surface area contributed by atoms with Crippen LogP contribution in [-0.2, 0) is 9.47 Å². The van der Waals surface area contributed by atoms with Crippen LogP contribution in [0.15, 0.2) is 42.5 Å². The summed E-state index contributed by atoms with van der Waals surface area (Å²) >= 11 is 0. The highest BCUT2D eigenvalue weighted by Crippen LogP contribution is 2.25. The van der Waals surface area contributed by atoms with Crippen LogP contribution < -0.4 is 4.74 Å². The first kappa shape index (κ1) is 20.4. The normalized spacial score (nSPS) is 11.9. The molecule has 0 radical (unpaired) electrons. The maximum Gasteiger partial charge on any atom is 0.199 e. The Kier molecular flexibility index (Phi) is 10.0. The van der Waals surface area contributed by atoms with E-state index in [2.05, 4.69) is 0 Å². The van der Waals surface area contributed by atoms with Crippen LogP contribution in [0.4, 0.5) is 0 Å². The molecule has 0 aliphatic carbocycles. The standard InChI is InChI=1S/C13H14O3.C6H14O2/c14-9-8-13(15)16-12-7-3-5-10-4-1-2-6-11(10)12;1-4-7-6(3)8-5-2/h1-7,13-15H,8-9H2;6H,4-5H2,1-3H3. The predicted molar refractivity (Wildman–Crippen MR) is 95.0 cm³/mol. The van der Waals surface area contributed by atoms with E-state index in [0.29, 0.717) is 5.75 Å². The van der Waals surface area contributed by atoms with Gasteiger partial charge in [-0.2, -0.15) is 0 Å². The zero-order valence-corrected chi connectivity index (χ0v) is 14.6. The van der Waals surface area contributed by atoms with Crippen LogP contribution in [0.5, 0.6) is 5.75 Å². The molecule has 0 amide bonds. The highest BCUT2D eigenvalue weighted by Gasteiger charge is 2.07. The quantitative estimate of drug-likeness (QED) is 0.724. The number of hydrogen-bond acceptors (Lipinski definition) is 5. The molecule has 1 atom stereocenters. The third-order valence-electron chi connectivity index (χ3n) is 3.19. The fourth-order valence-electron chi connectivity index (χ4n) is 2.13. The summed E-state index contributed by atoms with van der Waals surface area (Å²) in [6.07, 6.45) is -0.788. The molecule has 0 saturated heterocycles. The van der Waals surface area contributed by atoms with Gasteiger partial charge in [-0.15, -0.1) is 0 Å². The molecule has 2 N–H and O–H groups in total. The molecular weight excluding hydrogens is 308 g/mol. The topological polar surface area (TPSA) is 68.2 Å². The molecule has 5 heteroatoms. The van der Waals surface area contributed by atoms with Gasteiger partial charge in [0.2, 0.25) is 0 Å². The zero-order valence-electron chi connectivity index (χ0n) is 14.6. The van der Waals surface area contributed by atoms with Gasteiger partial charge in [0.05, 0.1) is 0 Å². The second-order valence-corrected chi connectivity index (χ2v) is 5.04. The van der Waals surface area contributed by atoms with E-state index in [-0.39, 0.29) is 19.3 Å². The average molecular weight is 336 g/mol. The molecule has 2 aromatic rings. The van der Waals surface area contributed by atoms with Gasteiger partial charge in [0.15, 0.2) is 12.6 Å². The number of ether oxygens (including phenoxy) is 3. The Morgan fingerprint density at radius 2 is 1.58 bits per heavy atom. The van der Waals surface area contributed by atoms with E-state index >= 15 is 0 Å². The van der Waals surface area contributed by atoms with Crippen LogP contribution in [0.25, 0.3) is 10.8 Å². The Labute approximate surface area is 143 Å². The second kappa shape index (κ2) is 11.8.